The van der Waals surface area contributed by atoms with E-state index in [-0.39, 0.29) is 18.5 Å². The van der Waals surface area contributed by atoms with Gasteiger partial charge in [-0.25, -0.2) is 4.79 Å². The van der Waals surface area contributed by atoms with E-state index >= 15 is 0 Å². The van der Waals surface area contributed by atoms with Crippen LogP contribution in [0.2, 0.25) is 0 Å². The molecule has 78 valence electrons. The standard InChI is InChI=1S/C9H15N3O2/c1-11-3-2-7(5-11)6-12-8(13)4-10-9(12)14/h7H,2-6H2,1H3,(H,10,14). The third-order valence-corrected chi connectivity index (χ3v) is 2.87. The van der Waals surface area contributed by atoms with Crippen molar-refractivity contribution in [2.24, 2.45) is 5.92 Å². The number of nitrogens with zero attached hydrogens (tertiary/aromatic N) is 2. The van der Waals surface area contributed by atoms with Crippen LogP contribution in [-0.4, -0.2) is 55.0 Å². The maximum Gasteiger partial charge on any atom is 0.324 e. The van der Waals surface area contributed by atoms with Crippen molar-refractivity contribution in [2.75, 3.05) is 33.2 Å². The Morgan fingerprint density at radius 3 is 2.79 bits per heavy atom. The van der Waals surface area contributed by atoms with Crippen LogP contribution in [0.25, 0.3) is 0 Å². The summed E-state index contributed by atoms with van der Waals surface area (Å²) in [6.45, 7) is 2.79. The van der Waals surface area contributed by atoms with Crippen LogP contribution in [0.1, 0.15) is 6.42 Å². The molecule has 2 aliphatic heterocycles. The minimum atomic E-state index is -0.232. The number of amides is 3. The molecule has 1 unspecified atom stereocenters. The van der Waals surface area contributed by atoms with Crippen molar-refractivity contribution >= 4 is 11.9 Å². The molecule has 0 aliphatic carbocycles. The SMILES string of the molecule is CN1CCC(CN2C(=O)CNC2=O)C1. The van der Waals surface area contributed by atoms with E-state index in [2.05, 4.69) is 17.3 Å². The summed E-state index contributed by atoms with van der Waals surface area (Å²) in [5.41, 5.74) is 0. The smallest absolute Gasteiger partial charge is 0.324 e. The van der Waals surface area contributed by atoms with Gasteiger partial charge in [-0.05, 0) is 25.9 Å². The fourth-order valence-corrected chi connectivity index (χ4v) is 2.07. The molecule has 0 aromatic carbocycles. The Hall–Kier alpha value is -1.10. The second-order valence-corrected chi connectivity index (χ2v) is 4.08. The number of rotatable bonds is 2. The third-order valence-electron chi connectivity index (χ3n) is 2.87. The lowest BCUT2D eigenvalue weighted by Crippen LogP contribution is -2.36. The Kier molecular flexibility index (Phi) is 2.41. The summed E-state index contributed by atoms with van der Waals surface area (Å²) in [4.78, 5) is 26.1. The number of carbonyl (C=O) groups is 2. The fraction of sp³-hybridized carbons (Fsp3) is 0.778. The molecule has 0 aromatic rings. The number of hydrogen-bond donors (Lipinski definition) is 1. The Bertz CT molecular complexity index is 251. The first-order valence-corrected chi connectivity index (χ1v) is 4.93. The summed E-state index contributed by atoms with van der Waals surface area (Å²) in [6, 6.07) is -0.232. The molecule has 1 atom stereocenters. The Labute approximate surface area is 83.0 Å². The molecular weight excluding hydrogens is 182 g/mol. The number of likely N-dealkylation sites (tertiary alicyclic amines) is 1. The quantitative estimate of drug-likeness (QED) is 0.607. The van der Waals surface area contributed by atoms with Crippen LogP contribution >= 0.6 is 0 Å². The van der Waals surface area contributed by atoms with Gasteiger partial charge in [0.15, 0.2) is 0 Å². The molecule has 1 N–H and O–H groups in total. The highest BCUT2D eigenvalue weighted by Gasteiger charge is 2.32. The zero-order valence-corrected chi connectivity index (χ0v) is 8.32. The van der Waals surface area contributed by atoms with Crippen molar-refractivity contribution in [3.63, 3.8) is 0 Å². The van der Waals surface area contributed by atoms with Gasteiger partial charge in [0.05, 0.1) is 6.54 Å². The van der Waals surface area contributed by atoms with Crippen LogP contribution in [0.5, 0.6) is 0 Å². The van der Waals surface area contributed by atoms with Crippen molar-refractivity contribution in [3.05, 3.63) is 0 Å². The molecule has 0 spiro atoms. The van der Waals surface area contributed by atoms with Gasteiger partial charge in [-0.15, -0.1) is 0 Å². The van der Waals surface area contributed by atoms with Gasteiger partial charge in [0.2, 0.25) is 5.91 Å². The van der Waals surface area contributed by atoms with Crippen molar-refractivity contribution in [1.82, 2.24) is 15.1 Å². The number of urea groups is 1. The topological polar surface area (TPSA) is 52.6 Å². The van der Waals surface area contributed by atoms with Gasteiger partial charge in [-0.2, -0.15) is 0 Å². The zero-order valence-electron chi connectivity index (χ0n) is 8.32. The van der Waals surface area contributed by atoms with E-state index < -0.39 is 0 Å². The first-order chi connectivity index (χ1) is 6.66. The minimum Gasteiger partial charge on any atom is -0.329 e. The third kappa shape index (κ3) is 1.72. The van der Waals surface area contributed by atoms with E-state index in [1.807, 2.05) is 0 Å². The van der Waals surface area contributed by atoms with Crippen molar-refractivity contribution in [1.29, 1.82) is 0 Å². The Morgan fingerprint density at radius 1 is 1.50 bits per heavy atom. The van der Waals surface area contributed by atoms with E-state index in [0.717, 1.165) is 19.5 Å². The molecule has 14 heavy (non-hydrogen) atoms. The van der Waals surface area contributed by atoms with E-state index in [1.165, 1.54) is 4.90 Å². The largest absolute Gasteiger partial charge is 0.329 e. The van der Waals surface area contributed by atoms with E-state index in [0.29, 0.717) is 12.5 Å². The van der Waals surface area contributed by atoms with Gasteiger partial charge in [0.25, 0.3) is 0 Å². The first kappa shape index (κ1) is 9.45. The summed E-state index contributed by atoms with van der Waals surface area (Å²) in [5.74, 6) is 0.359. The normalized spacial score (nSPS) is 28.6. The number of carbonyl (C=O) groups excluding carboxylic acids is 2. The highest BCUT2D eigenvalue weighted by molar-refractivity contribution is 6.01. The molecule has 2 rings (SSSR count). The summed E-state index contributed by atoms with van der Waals surface area (Å²) >= 11 is 0. The number of imide groups is 1. The van der Waals surface area contributed by atoms with Crippen LogP contribution in [0.4, 0.5) is 4.79 Å². The second-order valence-electron chi connectivity index (χ2n) is 4.08. The van der Waals surface area contributed by atoms with Gasteiger partial charge in [-0.1, -0.05) is 0 Å². The molecular formula is C9H15N3O2. The second kappa shape index (κ2) is 3.57. The molecule has 3 amide bonds. The van der Waals surface area contributed by atoms with Crippen molar-refractivity contribution in [2.45, 2.75) is 6.42 Å². The van der Waals surface area contributed by atoms with Crippen LogP contribution in [0, 0.1) is 5.92 Å². The summed E-state index contributed by atoms with van der Waals surface area (Å²) in [5, 5.41) is 2.53. The van der Waals surface area contributed by atoms with E-state index in [4.69, 9.17) is 0 Å². The molecule has 2 saturated heterocycles. The van der Waals surface area contributed by atoms with Gasteiger partial charge in [0.1, 0.15) is 0 Å². The molecule has 2 fully saturated rings. The van der Waals surface area contributed by atoms with Crippen LogP contribution in [0.3, 0.4) is 0 Å². The highest BCUT2D eigenvalue weighted by Crippen LogP contribution is 2.16. The molecule has 0 radical (unpaired) electrons. The Morgan fingerprint density at radius 2 is 2.29 bits per heavy atom. The first-order valence-electron chi connectivity index (χ1n) is 4.93. The summed E-state index contributed by atoms with van der Waals surface area (Å²) in [7, 11) is 2.06. The predicted molar refractivity (Wildman–Crippen MR) is 50.7 cm³/mol. The van der Waals surface area contributed by atoms with Crippen molar-refractivity contribution in [3.8, 4) is 0 Å². The lowest BCUT2D eigenvalue weighted by atomic mass is 10.1. The van der Waals surface area contributed by atoms with Crippen LogP contribution in [0.15, 0.2) is 0 Å². The fourth-order valence-electron chi connectivity index (χ4n) is 2.07. The molecule has 5 heteroatoms. The average Bonchev–Trinajstić information content (AvgIpc) is 2.67. The lowest BCUT2D eigenvalue weighted by molar-refractivity contribution is -0.125. The molecule has 2 heterocycles. The van der Waals surface area contributed by atoms with Gasteiger partial charge in [0, 0.05) is 13.1 Å². The molecule has 2 aliphatic rings. The maximum atomic E-state index is 11.3. The van der Waals surface area contributed by atoms with Crippen LogP contribution < -0.4 is 5.32 Å². The van der Waals surface area contributed by atoms with Crippen LogP contribution in [-0.2, 0) is 4.79 Å². The predicted octanol–water partition coefficient (Wildman–Crippen LogP) is -0.510. The highest BCUT2D eigenvalue weighted by atomic mass is 16.2. The molecule has 0 saturated carbocycles. The molecule has 5 nitrogen and oxygen atoms in total. The minimum absolute atomic E-state index is 0.0930. The summed E-state index contributed by atoms with van der Waals surface area (Å²) in [6.07, 6.45) is 1.08. The zero-order chi connectivity index (χ0) is 10.1. The van der Waals surface area contributed by atoms with Crippen molar-refractivity contribution < 1.29 is 9.59 Å². The van der Waals surface area contributed by atoms with E-state index in [1.54, 1.807) is 0 Å². The number of nitrogens with one attached hydrogen (secondary N) is 1. The van der Waals surface area contributed by atoms with E-state index in [9.17, 15) is 9.59 Å². The van der Waals surface area contributed by atoms with Gasteiger partial charge in [-0.3, -0.25) is 9.69 Å². The monoisotopic (exact) mass is 197 g/mol. The van der Waals surface area contributed by atoms with Gasteiger partial charge < -0.3 is 10.2 Å². The average molecular weight is 197 g/mol. The number of hydrogen-bond acceptors (Lipinski definition) is 3. The molecule has 0 bridgehead atoms. The lowest BCUT2D eigenvalue weighted by Gasteiger charge is -2.17. The maximum absolute atomic E-state index is 11.3. The van der Waals surface area contributed by atoms with Gasteiger partial charge >= 0.3 is 6.03 Å². The Balaban J connectivity index is 1.90. The summed E-state index contributed by atoms with van der Waals surface area (Å²) < 4.78 is 0. The molecule has 0 aromatic heterocycles.